The molecule has 1 saturated carbocycles. The van der Waals surface area contributed by atoms with Gasteiger partial charge in [0.05, 0.1) is 27.8 Å². The molecular weight excluding hydrogens is 540 g/mol. The third-order valence-corrected chi connectivity index (χ3v) is 7.06. The second-order valence-corrected chi connectivity index (χ2v) is 10.4. The molecule has 0 spiro atoms. The molecule has 1 aliphatic rings. The lowest BCUT2D eigenvalue weighted by atomic mass is 10.1. The molecule has 1 fully saturated rings. The second-order valence-electron chi connectivity index (χ2n) is 7.63. The highest BCUT2D eigenvalue weighted by Crippen LogP contribution is 2.65. The molecule has 34 heavy (non-hydrogen) atoms. The SMILES string of the molecule is N#Cc1ccccc1NC(=O)c1cc(NC(=O)[C@@H]2[C@@H](c3cc(Cl)cc(Cl)c3)C2(Cl)Cl)ccc1Cl. The quantitative estimate of drug-likeness (QED) is 0.325. The zero-order valence-corrected chi connectivity index (χ0v) is 20.9. The predicted molar refractivity (Wildman–Crippen MR) is 136 cm³/mol. The number of alkyl halides is 2. The number of nitrogens with zero attached hydrogens (tertiary/aromatic N) is 1. The maximum absolute atomic E-state index is 13.0. The van der Waals surface area contributed by atoms with Gasteiger partial charge in [0.1, 0.15) is 10.4 Å². The smallest absolute Gasteiger partial charge is 0.257 e. The molecule has 2 atom stereocenters. The molecule has 0 radical (unpaired) electrons. The van der Waals surface area contributed by atoms with Gasteiger partial charge in [0.15, 0.2) is 0 Å². The molecule has 0 unspecified atom stereocenters. The minimum atomic E-state index is -1.34. The summed E-state index contributed by atoms with van der Waals surface area (Å²) in [5, 5.41) is 15.6. The molecule has 3 aromatic rings. The lowest BCUT2D eigenvalue weighted by Gasteiger charge is -2.11. The van der Waals surface area contributed by atoms with Gasteiger partial charge in [-0.2, -0.15) is 5.26 Å². The van der Waals surface area contributed by atoms with Gasteiger partial charge in [-0.25, -0.2) is 0 Å². The Morgan fingerprint density at radius 3 is 2.26 bits per heavy atom. The van der Waals surface area contributed by atoms with Crippen LogP contribution in [0, 0.1) is 17.2 Å². The normalized spacial score (nSPS) is 18.0. The van der Waals surface area contributed by atoms with Gasteiger partial charge in [0.25, 0.3) is 5.91 Å². The molecule has 0 aliphatic heterocycles. The lowest BCUT2D eigenvalue weighted by Crippen LogP contribution is -2.18. The molecule has 0 aromatic heterocycles. The summed E-state index contributed by atoms with van der Waals surface area (Å²) in [6.07, 6.45) is 0. The van der Waals surface area contributed by atoms with Gasteiger partial charge in [-0.05, 0) is 54.1 Å². The number of amides is 2. The Kier molecular flexibility index (Phi) is 7.00. The Morgan fingerprint density at radius 1 is 0.912 bits per heavy atom. The average Bonchev–Trinajstić information content (AvgIpc) is 3.36. The number of rotatable bonds is 5. The third kappa shape index (κ3) is 4.98. The van der Waals surface area contributed by atoms with Crippen molar-refractivity contribution in [3.63, 3.8) is 0 Å². The van der Waals surface area contributed by atoms with Crippen LogP contribution in [-0.4, -0.2) is 16.1 Å². The molecule has 172 valence electrons. The number of carbonyl (C=O) groups excluding carboxylic acids is 2. The Balaban J connectivity index is 1.52. The Bertz CT molecular complexity index is 1330. The van der Waals surface area contributed by atoms with E-state index >= 15 is 0 Å². The first-order valence-corrected chi connectivity index (χ1v) is 11.8. The van der Waals surface area contributed by atoms with Gasteiger partial charge in [-0.1, -0.05) is 46.9 Å². The summed E-state index contributed by atoms with van der Waals surface area (Å²) in [5.41, 5.74) is 1.74. The monoisotopic (exact) mass is 551 g/mol. The van der Waals surface area contributed by atoms with Gasteiger partial charge >= 0.3 is 0 Å². The minimum absolute atomic E-state index is 0.115. The van der Waals surface area contributed by atoms with Crippen LogP contribution in [0.3, 0.4) is 0 Å². The van der Waals surface area contributed by atoms with E-state index in [2.05, 4.69) is 10.6 Å². The van der Waals surface area contributed by atoms with Crippen LogP contribution in [0.4, 0.5) is 11.4 Å². The number of benzene rings is 3. The molecule has 0 saturated heterocycles. The summed E-state index contributed by atoms with van der Waals surface area (Å²) in [5.74, 6) is -2.24. The highest BCUT2D eigenvalue weighted by atomic mass is 35.5. The third-order valence-electron chi connectivity index (χ3n) is 5.35. The topological polar surface area (TPSA) is 82.0 Å². The second kappa shape index (κ2) is 9.65. The fourth-order valence-electron chi connectivity index (χ4n) is 3.70. The van der Waals surface area contributed by atoms with Crippen molar-refractivity contribution in [2.45, 2.75) is 10.3 Å². The predicted octanol–water partition coefficient (Wildman–Crippen LogP) is 7.30. The molecule has 2 N–H and O–H groups in total. The highest BCUT2D eigenvalue weighted by Gasteiger charge is 2.67. The molecule has 4 rings (SSSR count). The Hall–Kier alpha value is -2.46. The van der Waals surface area contributed by atoms with Crippen molar-refractivity contribution in [3.8, 4) is 6.07 Å². The fourth-order valence-corrected chi connectivity index (χ4v) is 5.27. The maximum atomic E-state index is 13.0. The maximum Gasteiger partial charge on any atom is 0.257 e. The minimum Gasteiger partial charge on any atom is -0.326 e. The van der Waals surface area contributed by atoms with E-state index < -0.39 is 28.0 Å². The number of anilines is 2. The summed E-state index contributed by atoms with van der Waals surface area (Å²) in [4.78, 5) is 25.8. The van der Waals surface area contributed by atoms with E-state index in [4.69, 9.17) is 58.0 Å². The Labute approximate surface area is 220 Å². The van der Waals surface area contributed by atoms with Crippen molar-refractivity contribution in [1.82, 2.24) is 0 Å². The number of nitrogens with one attached hydrogen (secondary N) is 2. The molecule has 0 bridgehead atoms. The van der Waals surface area contributed by atoms with Gasteiger partial charge in [-0.3, -0.25) is 9.59 Å². The molecule has 10 heteroatoms. The van der Waals surface area contributed by atoms with E-state index in [1.54, 1.807) is 48.5 Å². The van der Waals surface area contributed by atoms with E-state index in [9.17, 15) is 14.9 Å². The molecule has 1 aliphatic carbocycles. The van der Waals surface area contributed by atoms with E-state index in [0.717, 1.165) is 0 Å². The van der Waals surface area contributed by atoms with Crippen LogP contribution >= 0.6 is 58.0 Å². The van der Waals surface area contributed by atoms with E-state index in [0.29, 0.717) is 32.5 Å². The first-order valence-electron chi connectivity index (χ1n) is 9.86. The fraction of sp³-hybridized carbons (Fsp3) is 0.125. The van der Waals surface area contributed by atoms with Crippen molar-refractivity contribution in [3.05, 3.63) is 92.4 Å². The van der Waals surface area contributed by atoms with Crippen molar-refractivity contribution in [2.75, 3.05) is 10.6 Å². The number of hydrogen-bond acceptors (Lipinski definition) is 3. The van der Waals surface area contributed by atoms with Gasteiger partial charge in [0, 0.05) is 21.7 Å². The number of carbonyl (C=O) groups is 2. The van der Waals surface area contributed by atoms with Crippen LogP contribution in [0.2, 0.25) is 15.1 Å². The van der Waals surface area contributed by atoms with Crippen molar-refractivity contribution >= 4 is 81.2 Å². The highest BCUT2D eigenvalue weighted by molar-refractivity contribution is 6.53. The van der Waals surface area contributed by atoms with Gasteiger partial charge < -0.3 is 10.6 Å². The lowest BCUT2D eigenvalue weighted by molar-refractivity contribution is -0.117. The molecule has 2 amide bonds. The summed E-state index contributed by atoms with van der Waals surface area (Å²) in [6.45, 7) is 0. The van der Waals surface area contributed by atoms with Crippen LogP contribution in [0.25, 0.3) is 0 Å². The first kappa shape index (κ1) is 24.7. The number of hydrogen-bond donors (Lipinski definition) is 2. The van der Waals surface area contributed by atoms with Crippen molar-refractivity contribution in [1.29, 1.82) is 5.26 Å². The van der Waals surface area contributed by atoms with E-state index in [-0.39, 0.29) is 10.6 Å². The Morgan fingerprint density at radius 2 is 1.59 bits per heavy atom. The van der Waals surface area contributed by atoms with Gasteiger partial charge in [0.2, 0.25) is 5.91 Å². The summed E-state index contributed by atoms with van der Waals surface area (Å²) in [7, 11) is 0. The number of nitriles is 1. The summed E-state index contributed by atoms with van der Waals surface area (Å²) >= 11 is 31.2. The molecule has 5 nitrogen and oxygen atoms in total. The molecular formula is C24H14Cl5N3O2. The van der Waals surface area contributed by atoms with E-state index in [1.807, 2.05) is 6.07 Å². The van der Waals surface area contributed by atoms with Crippen LogP contribution in [0.1, 0.15) is 27.4 Å². The number of para-hydroxylation sites is 1. The average molecular weight is 554 g/mol. The van der Waals surface area contributed by atoms with Crippen LogP contribution in [-0.2, 0) is 4.79 Å². The molecule has 3 aromatic carbocycles. The largest absolute Gasteiger partial charge is 0.326 e. The van der Waals surface area contributed by atoms with Crippen LogP contribution in [0.5, 0.6) is 0 Å². The zero-order chi connectivity index (χ0) is 24.6. The first-order chi connectivity index (χ1) is 16.1. The zero-order valence-electron chi connectivity index (χ0n) is 17.1. The number of halogens is 5. The molecule has 0 heterocycles. The van der Waals surface area contributed by atoms with Gasteiger partial charge in [-0.15, -0.1) is 23.2 Å². The van der Waals surface area contributed by atoms with Crippen LogP contribution < -0.4 is 10.6 Å². The van der Waals surface area contributed by atoms with Crippen LogP contribution in [0.15, 0.2) is 60.7 Å². The van der Waals surface area contributed by atoms with Crippen molar-refractivity contribution in [2.24, 2.45) is 5.92 Å². The van der Waals surface area contributed by atoms with E-state index in [1.165, 1.54) is 12.1 Å². The van der Waals surface area contributed by atoms with Crippen molar-refractivity contribution < 1.29 is 9.59 Å². The standard InChI is InChI=1S/C24H14Cl5N3O2/c25-14-7-13(8-15(26)9-14)20-21(24(20,28)29)23(34)31-16-5-6-18(27)17(10-16)22(33)32-19-4-2-1-3-12(19)11-30/h1-10,20-21H,(H,31,34)(H,32,33)/t20-,21+/m1/s1. The summed E-state index contributed by atoms with van der Waals surface area (Å²) in [6, 6.07) is 17.9. The summed E-state index contributed by atoms with van der Waals surface area (Å²) < 4.78 is -1.34.